The Morgan fingerprint density at radius 3 is 2.19 bits per heavy atom. The van der Waals surface area contributed by atoms with Gasteiger partial charge in [-0.2, -0.15) is 0 Å². The average Bonchev–Trinajstić information content (AvgIpc) is 2.34. The summed E-state index contributed by atoms with van der Waals surface area (Å²) in [4.78, 5) is 11.5. The van der Waals surface area contributed by atoms with Gasteiger partial charge in [-0.05, 0) is 20.8 Å². The molecule has 2 N–H and O–H groups in total. The van der Waals surface area contributed by atoms with E-state index in [1.165, 1.54) is 0 Å². The number of hydrogen-bond acceptors (Lipinski definition) is 2. The van der Waals surface area contributed by atoms with E-state index in [0.29, 0.717) is 12.1 Å². The van der Waals surface area contributed by atoms with Gasteiger partial charge in [0.2, 0.25) is 0 Å². The number of carbonyl (C=O) groups is 1. The summed E-state index contributed by atoms with van der Waals surface area (Å²) < 4.78 is 50.0. The molecule has 21 heavy (non-hydrogen) atoms. The standard InChI is InChI=1S/C13H17F3N2O2S/c1-13(2,3)21(20)5-4-17-12(19)18-8-6-9(14)11(16)10(15)7-8/h6-7H,4-5H2,1-3H3,(H2,17,18,19)/t21-/m1/s1. The molecule has 1 rings (SSSR count). The fourth-order valence-electron chi connectivity index (χ4n) is 1.37. The molecule has 0 spiro atoms. The molecule has 0 unspecified atom stereocenters. The number of hydrogen-bond donors (Lipinski definition) is 2. The van der Waals surface area contributed by atoms with Gasteiger partial charge >= 0.3 is 6.03 Å². The lowest BCUT2D eigenvalue weighted by atomic mass is 10.3. The molecule has 118 valence electrons. The van der Waals surface area contributed by atoms with Gasteiger partial charge in [-0.15, -0.1) is 0 Å². The normalized spacial score (nSPS) is 12.9. The highest BCUT2D eigenvalue weighted by Crippen LogP contribution is 2.17. The van der Waals surface area contributed by atoms with E-state index in [-0.39, 0.29) is 22.7 Å². The number of nitrogens with one attached hydrogen (secondary N) is 2. The summed E-state index contributed by atoms with van der Waals surface area (Å²) in [6.45, 7) is 5.58. The van der Waals surface area contributed by atoms with Gasteiger partial charge in [0, 0.05) is 45.7 Å². The van der Waals surface area contributed by atoms with Crippen LogP contribution in [0.4, 0.5) is 23.7 Å². The van der Waals surface area contributed by atoms with E-state index >= 15 is 0 Å². The SMILES string of the molecule is CC(C)(C)[S@](=O)CCNC(=O)Nc1cc(F)c(F)c(F)c1. The topological polar surface area (TPSA) is 58.2 Å². The first-order valence-corrected chi connectivity index (χ1v) is 7.51. The van der Waals surface area contributed by atoms with Crippen molar-refractivity contribution in [3.8, 4) is 0 Å². The Bertz CT molecular complexity index is 536. The minimum atomic E-state index is -1.60. The van der Waals surface area contributed by atoms with Gasteiger partial charge in [0.1, 0.15) is 0 Å². The number of benzene rings is 1. The van der Waals surface area contributed by atoms with Crippen LogP contribution in [0.3, 0.4) is 0 Å². The summed E-state index contributed by atoms with van der Waals surface area (Å²) in [6.07, 6.45) is 0. The van der Waals surface area contributed by atoms with Crippen LogP contribution in [0.15, 0.2) is 12.1 Å². The number of urea groups is 1. The number of anilines is 1. The van der Waals surface area contributed by atoms with Crippen molar-refractivity contribution in [1.29, 1.82) is 0 Å². The Kier molecular flexibility index (Phi) is 5.77. The lowest BCUT2D eigenvalue weighted by Crippen LogP contribution is -2.35. The number of carbonyl (C=O) groups excluding carboxylic acids is 1. The predicted octanol–water partition coefficient (Wildman–Crippen LogP) is 2.77. The fraction of sp³-hybridized carbons (Fsp3) is 0.462. The third-order valence-electron chi connectivity index (χ3n) is 2.50. The second kappa shape index (κ2) is 6.93. The first-order chi connectivity index (χ1) is 9.61. The van der Waals surface area contributed by atoms with Gasteiger partial charge in [-0.3, -0.25) is 4.21 Å². The van der Waals surface area contributed by atoms with E-state index in [9.17, 15) is 22.2 Å². The quantitative estimate of drug-likeness (QED) is 0.838. The molecule has 1 atom stereocenters. The Morgan fingerprint density at radius 2 is 1.71 bits per heavy atom. The molecule has 0 saturated heterocycles. The van der Waals surface area contributed by atoms with Gasteiger partial charge < -0.3 is 10.6 Å². The maximum absolute atomic E-state index is 13.0. The number of amides is 2. The second-order valence-electron chi connectivity index (χ2n) is 5.30. The van der Waals surface area contributed by atoms with Crippen LogP contribution in [-0.4, -0.2) is 27.3 Å². The van der Waals surface area contributed by atoms with Crippen LogP contribution in [0.25, 0.3) is 0 Å². The molecule has 4 nitrogen and oxygen atoms in total. The van der Waals surface area contributed by atoms with Crippen molar-refractivity contribution in [3.63, 3.8) is 0 Å². The summed E-state index contributed by atoms with van der Waals surface area (Å²) in [5.41, 5.74) is -0.208. The molecule has 0 saturated carbocycles. The molecular weight excluding hydrogens is 305 g/mol. The van der Waals surface area contributed by atoms with Crippen LogP contribution in [-0.2, 0) is 10.8 Å². The van der Waals surface area contributed by atoms with Gasteiger partial charge in [0.15, 0.2) is 17.5 Å². The van der Waals surface area contributed by atoms with Gasteiger partial charge in [0.25, 0.3) is 0 Å². The molecule has 0 aromatic heterocycles. The van der Waals surface area contributed by atoms with Crippen molar-refractivity contribution in [2.24, 2.45) is 0 Å². The van der Waals surface area contributed by atoms with E-state index in [2.05, 4.69) is 10.6 Å². The Morgan fingerprint density at radius 1 is 1.19 bits per heavy atom. The first-order valence-electron chi connectivity index (χ1n) is 6.19. The van der Waals surface area contributed by atoms with Crippen molar-refractivity contribution in [2.45, 2.75) is 25.5 Å². The Balaban J connectivity index is 2.50. The molecule has 0 aliphatic carbocycles. The minimum absolute atomic E-state index is 0.141. The molecule has 0 aliphatic rings. The summed E-state index contributed by atoms with van der Waals surface area (Å²) in [5.74, 6) is -4.12. The zero-order chi connectivity index (χ0) is 16.2. The highest BCUT2D eigenvalue weighted by Gasteiger charge is 2.19. The van der Waals surface area contributed by atoms with E-state index in [4.69, 9.17) is 0 Å². The van der Waals surface area contributed by atoms with E-state index in [0.717, 1.165) is 0 Å². The molecule has 0 fully saturated rings. The zero-order valence-electron chi connectivity index (χ0n) is 11.9. The summed E-state index contributed by atoms with van der Waals surface area (Å²) in [7, 11) is -1.12. The van der Waals surface area contributed by atoms with Crippen molar-refractivity contribution >= 4 is 22.5 Å². The predicted molar refractivity (Wildman–Crippen MR) is 76.1 cm³/mol. The molecule has 8 heteroatoms. The van der Waals surface area contributed by atoms with Crippen molar-refractivity contribution < 1.29 is 22.2 Å². The van der Waals surface area contributed by atoms with Crippen molar-refractivity contribution in [2.75, 3.05) is 17.6 Å². The Hall–Kier alpha value is -1.57. The minimum Gasteiger partial charge on any atom is -0.337 e. The van der Waals surface area contributed by atoms with Crippen LogP contribution in [0.1, 0.15) is 20.8 Å². The molecular formula is C13H17F3N2O2S. The largest absolute Gasteiger partial charge is 0.337 e. The van der Waals surface area contributed by atoms with Gasteiger partial charge in [-0.1, -0.05) is 0 Å². The monoisotopic (exact) mass is 322 g/mol. The van der Waals surface area contributed by atoms with Crippen molar-refractivity contribution in [3.05, 3.63) is 29.6 Å². The zero-order valence-corrected chi connectivity index (χ0v) is 12.7. The molecule has 0 heterocycles. The van der Waals surface area contributed by atoms with Crippen LogP contribution in [0.2, 0.25) is 0 Å². The number of rotatable bonds is 4. The molecule has 0 radical (unpaired) electrons. The lowest BCUT2D eigenvalue weighted by Gasteiger charge is -2.17. The molecule has 2 amide bonds. The lowest BCUT2D eigenvalue weighted by molar-refractivity contribution is 0.252. The third kappa shape index (κ3) is 5.37. The first kappa shape index (κ1) is 17.5. The van der Waals surface area contributed by atoms with Crippen LogP contribution >= 0.6 is 0 Å². The molecule has 1 aromatic carbocycles. The number of halogens is 3. The van der Waals surface area contributed by atoms with E-state index in [1.807, 2.05) is 20.8 Å². The molecule has 1 aromatic rings. The van der Waals surface area contributed by atoms with Gasteiger partial charge in [-0.25, -0.2) is 18.0 Å². The smallest absolute Gasteiger partial charge is 0.319 e. The van der Waals surface area contributed by atoms with Gasteiger partial charge in [0.05, 0.1) is 0 Å². The maximum atomic E-state index is 13.0. The van der Waals surface area contributed by atoms with Crippen LogP contribution in [0.5, 0.6) is 0 Å². The summed E-state index contributed by atoms with van der Waals surface area (Å²) in [6, 6.07) is 0.627. The maximum Gasteiger partial charge on any atom is 0.319 e. The van der Waals surface area contributed by atoms with E-state index < -0.39 is 34.3 Å². The highest BCUT2D eigenvalue weighted by atomic mass is 32.2. The van der Waals surface area contributed by atoms with Crippen molar-refractivity contribution in [1.82, 2.24) is 5.32 Å². The van der Waals surface area contributed by atoms with Crippen LogP contribution < -0.4 is 10.6 Å². The molecule has 0 aliphatic heterocycles. The summed E-state index contributed by atoms with van der Waals surface area (Å²) >= 11 is 0. The third-order valence-corrected chi connectivity index (χ3v) is 4.44. The summed E-state index contributed by atoms with van der Waals surface area (Å²) in [5, 5.41) is 4.57. The average molecular weight is 322 g/mol. The second-order valence-corrected chi connectivity index (χ2v) is 7.62. The fourth-order valence-corrected chi connectivity index (χ4v) is 2.27. The molecule has 0 bridgehead atoms. The van der Waals surface area contributed by atoms with Crippen LogP contribution in [0, 0.1) is 17.5 Å². The highest BCUT2D eigenvalue weighted by molar-refractivity contribution is 7.86. The Labute approximate surface area is 123 Å². The van der Waals surface area contributed by atoms with E-state index in [1.54, 1.807) is 0 Å².